The van der Waals surface area contributed by atoms with E-state index >= 15 is 0 Å². The smallest absolute Gasteiger partial charge is 0.328 e. The average Bonchev–Trinajstić information content (AvgIpc) is 0.870. The Hall–Kier alpha value is -10.6. The van der Waals surface area contributed by atoms with Crippen LogP contribution in [0.5, 0.6) is 0 Å². The molecule has 9 unspecified atom stereocenters. The number of rotatable bonds is 52. The van der Waals surface area contributed by atoms with Crippen molar-refractivity contribution in [3.8, 4) is 0 Å². The molecule has 0 aliphatic carbocycles. The topological polar surface area (TPSA) is 373 Å². The van der Waals surface area contributed by atoms with Crippen LogP contribution >= 0.6 is 0 Å². The number of amides is 8. The highest BCUT2D eigenvalue weighted by atomic mass is 16.6. The molecule has 32 heteroatoms. The van der Waals surface area contributed by atoms with Crippen LogP contribution in [0.25, 0.3) is 0 Å². The Bertz CT molecular complexity index is 3530. The van der Waals surface area contributed by atoms with Gasteiger partial charge < -0.3 is 77.1 Å². The highest BCUT2D eigenvalue weighted by molar-refractivity contribution is 5.96. The molecule has 0 bridgehead atoms. The van der Waals surface area contributed by atoms with Crippen molar-refractivity contribution in [2.45, 2.75) is 396 Å². The number of esters is 8. The van der Waals surface area contributed by atoms with E-state index in [0.717, 1.165) is 70.6 Å². The Kier molecular flexibility index (Phi) is 83.8. The van der Waals surface area contributed by atoms with Crippen molar-refractivity contribution in [3.63, 3.8) is 0 Å². The van der Waals surface area contributed by atoms with Gasteiger partial charge in [-0.05, 0) is 266 Å². The van der Waals surface area contributed by atoms with E-state index in [1.165, 1.54) is 94.9 Å². The van der Waals surface area contributed by atoms with Crippen LogP contribution in [0.4, 0.5) is 0 Å². The van der Waals surface area contributed by atoms with Gasteiger partial charge in [-0.2, -0.15) is 0 Å². The van der Waals surface area contributed by atoms with Crippen LogP contribution in [0.15, 0.2) is 101 Å². The van der Waals surface area contributed by atoms with Crippen molar-refractivity contribution < 1.29 is 115 Å². The molecule has 9 atom stereocenters. The number of methoxy groups -OCH3 is 1. The SMILES string of the molecule is C=CC(=O)N(C(C)C)C(C)C(=O)OC.C=CC(=O)N(C(C)C)C(C)C(=O)OC(C)C.C=CC(=O)N(C(C)C)C(C)C(=O)OCC.C=CC(=O)N(C(C)C)C(C)C(=O)OCC(C)C.C=CC(=O)N(C(C)C)C(C)C(=O)OCC(CC)CCCC.C=CC(=O)N(C(C)C)C(C)C(=O)OCCC.C=CC(=O)N(C(C)C)C(C)C(=O)OCCCC.C=CC(=O)N(CC)C(C)C(=O)OCCCCCC. The average molecular weight is 1900 g/mol. The second-order valence-corrected chi connectivity index (χ2v) is 33.8. The van der Waals surface area contributed by atoms with Crippen LogP contribution in [-0.4, -0.2) is 284 Å². The second-order valence-electron chi connectivity index (χ2n) is 33.8. The molecule has 0 rings (SSSR count). The first-order valence-corrected chi connectivity index (χ1v) is 47.2. The molecule has 0 aliphatic heterocycles. The lowest BCUT2D eigenvalue weighted by Crippen LogP contribution is -2.47. The van der Waals surface area contributed by atoms with Crippen molar-refractivity contribution in [1.29, 1.82) is 0 Å². The van der Waals surface area contributed by atoms with Gasteiger partial charge in [-0.1, -0.05) is 146 Å². The van der Waals surface area contributed by atoms with Gasteiger partial charge in [0.1, 0.15) is 48.3 Å². The summed E-state index contributed by atoms with van der Waals surface area (Å²) in [4.78, 5) is 198. The molecule has 0 fully saturated rings. The van der Waals surface area contributed by atoms with Crippen molar-refractivity contribution in [3.05, 3.63) is 101 Å². The number of ether oxygens (including phenoxy) is 8. The Balaban J connectivity index is -0.000000226. The molecular formula is C102H180N8O24. The van der Waals surface area contributed by atoms with E-state index in [4.69, 9.17) is 33.2 Å². The van der Waals surface area contributed by atoms with E-state index in [-0.39, 0.29) is 143 Å². The maximum absolute atomic E-state index is 12.2. The summed E-state index contributed by atoms with van der Waals surface area (Å²) in [6.45, 7) is 90.9. The van der Waals surface area contributed by atoms with Gasteiger partial charge in [0.2, 0.25) is 47.3 Å². The number of likely N-dealkylation sites (N-methyl/N-ethyl adjacent to an activating group) is 1. The molecule has 0 aliphatic rings. The zero-order valence-electron chi connectivity index (χ0n) is 88.8. The van der Waals surface area contributed by atoms with Crippen LogP contribution < -0.4 is 0 Å². The molecule has 134 heavy (non-hydrogen) atoms. The lowest BCUT2D eigenvalue weighted by molar-refractivity contribution is -0.157. The number of carbonyl (C=O) groups excluding carboxylic acids is 16. The molecule has 0 aromatic rings. The number of nitrogens with zero attached hydrogens (tertiary/aromatic N) is 8. The summed E-state index contributed by atoms with van der Waals surface area (Å²) in [5.74, 6) is -4.32. The van der Waals surface area contributed by atoms with Gasteiger partial charge in [-0.25, -0.2) is 38.4 Å². The van der Waals surface area contributed by atoms with Gasteiger partial charge in [0, 0.05) is 48.8 Å². The van der Waals surface area contributed by atoms with Crippen molar-refractivity contribution >= 4 is 95.0 Å². The minimum Gasteiger partial charge on any atom is -0.467 e. The van der Waals surface area contributed by atoms with Crippen molar-refractivity contribution in [2.24, 2.45) is 11.8 Å². The third-order valence-corrected chi connectivity index (χ3v) is 19.6. The van der Waals surface area contributed by atoms with Gasteiger partial charge in [0.25, 0.3) is 0 Å². The van der Waals surface area contributed by atoms with E-state index in [1.807, 2.05) is 132 Å². The van der Waals surface area contributed by atoms with Gasteiger partial charge >= 0.3 is 47.8 Å². The highest BCUT2D eigenvalue weighted by Crippen LogP contribution is 2.19. The first-order valence-electron chi connectivity index (χ1n) is 47.2. The normalized spacial score (nSPS) is 12.4. The molecule has 0 aromatic carbocycles. The third-order valence-electron chi connectivity index (χ3n) is 19.6. The van der Waals surface area contributed by atoms with Crippen LogP contribution in [0, 0.1) is 11.8 Å². The molecule has 0 saturated carbocycles. The summed E-state index contributed by atoms with van der Waals surface area (Å²) in [7, 11) is 1.30. The third kappa shape index (κ3) is 59.2. The molecule has 8 amide bonds. The summed E-state index contributed by atoms with van der Waals surface area (Å²) >= 11 is 0. The summed E-state index contributed by atoms with van der Waals surface area (Å²) in [6.07, 6.45) is 20.8. The van der Waals surface area contributed by atoms with E-state index < -0.39 is 54.3 Å². The first-order chi connectivity index (χ1) is 62.4. The summed E-state index contributed by atoms with van der Waals surface area (Å²) < 4.78 is 40.3. The zero-order chi connectivity index (χ0) is 106. The lowest BCUT2D eigenvalue weighted by Gasteiger charge is -2.30. The summed E-state index contributed by atoms with van der Waals surface area (Å²) in [5, 5.41) is 0. The molecular weight excluding hydrogens is 1720 g/mol. The second kappa shape index (κ2) is 80.9. The fraction of sp³-hybridized carbons (Fsp3) is 0.686. The minimum atomic E-state index is -0.590. The molecule has 0 radical (unpaired) electrons. The number of hydrogen-bond donors (Lipinski definition) is 0. The summed E-state index contributed by atoms with van der Waals surface area (Å²) in [5.41, 5.74) is 0. The fourth-order valence-electron chi connectivity index (χ4n) is 12.6. The van der Waals surface area contributed by atoms with Crippen LogP contribution in [0.1, 0.15) is 299 Å². The monoisotopic (exact) mass is 1900 g/mol. The highest BCUT2D eigenvalue weighted by Gasteiger charge is 2.35. The Morgan fingerprint density at radius 1 is 0.261 bits per heavy atom. The molecule has 32 nitrogen and oxygen atoms in total. The molecule has 0 spiro atoms. The lowest BCUT2D eigenvalue weighted by atomic mass is 10.0. The minimum absolute atomic E-state index is 0.0603. The van der Waals surface area contributed by atoms with E-state index in [0.29, 0.717) is 52.1 Å². The van der Waals surface area contributed by atoms with Crippen LogP contribution in [-0.2, 0) is 115 Å². The standard InChI is InChI=1S/C17H31NO3.C14H25NO3.2C13H23NO3.2C12H21NO3.C11H19NO3.C10H17NO3/c1-7-10-11-15(8-2)12-21-17(20)14(6)18(13(4)5)16(19)9-3;1-5-8-9-10-11-18-14(17)12(4)15(7-3)13(16)6-2;1-7-12(15)14(10(4)5)11(6)13(16)17-8-9(2)3;1-6-8-9-17-13(16)11(5)14(10(3)4)12(15)7-2;1-7-11(14)13(8(2)3)10(6)12(15)16-9(4)5;1-6-8-16-12(15)10(5)13(9(3)4)11(14)7-2;1-6-10(13)12(8(3)4)9(5)11(14)15-7-2;1-6-9(12)11(7(2)3)8(4)10(13)14-5/h9,13-15H,3,7-8,10-12H2,1-2,4-6H3;6,12H,2,5,7-11H2,1,3-4H3;7,9-11H,1,8H2,2-6H3;7,10-11H,2,6,8-9H2,1,3-5H3;7-10H,1H2,2-6H3;7,9-10H,2,6,8H2,1,3-5H3;6,8-9H,1,7H2,2-5H3;6-8H,1H2,2-5H3. The number of carbonyl (C=O) groups is 16. The molecule has 0 N–H and O–H groups in total. The maximum atomic E-state index is 12.2. The van der Waals surface area contributed by atoms with E-state index in [1.54, 1.807) is 76.2 Å². The largest absolute Gasteiger partial charge is 0.467 e. The number of unbranched alkanes of at least 4 members (excludes halogenated alkanes) is 5. The van der Waals surface area contributed by atoms with Crippen LogP contribution in [0.2, 0.25) is 0 Å². The van der Waals surface area contributed by atoms with Gasteiger partial charge in [-0.3, -0.25) is 38.4 Å². The fourth-order valence-corrected chi connectivity index (χ4v) is 12.6. The molecule has 0 saturated heterocycles. The zero-order valence-corrected chi connectivity index (χ0v) is 88.8. The predicted octanol–water partition coefficient (Wildman–Crippen LogP) is 16.1. The van der Waals surface area contributed by atoms with Crippen molar-refractivity contribution in [2.75, 3.05) is 53.3 Å². The maximum Gasteiger partial charge on any atom is 0.328 e. The van der Waals surface area contributed by atoms with Gasteiger partial charge in [0.15, 0.2) is 0 Å². The Labute approximate surface area is 807 Å². The van der Waals surface area contributed by atoms with E-state index in [2.05, 4.69) is 78.1 Å². The predicted molar refractivity (Wildman–Crippen MR) is 531 cm³/mol. The molecule has 0 aromatic heterocycles. The Morgan fingerprint density at radius 3 is 0.754 bits per heavy atom. The van der Waals surface area contributed by atoms with Crippen LogP contribution in [0.3, 0.4) is 0 Å². The van der Waals surface area contributed by atoms with E-state index in [9.17, 15) is 76.7 Å². The summed E-state index contributed by atoms with van der Waals surface area (Å²) in [6, 6.07) is -5.05. The molecule has 772 valence electrons. The molecule has 0 heterocycles. The van der Waals surface area contributed by atoms with Crippen molar-refractivity contribution in [1.82, 2.24) is 39.2 Å². The quantitative estimate of drug-likeness (QED) is 0.0236. The van der Waals surface area contributed by atoms with Gasteiger partial charge in [-0.15, -0.1) is 0 Å². The Morgan fingerprint density at radius 2 is 0.515 bits per heavy atom. The van der Waals surface area contributed by atoms with Gasteiger partial charge in [0.05, 0.1) is 52.9 Å². The first kappa shape index (κ1) is 139. The number of hydrogen-bond acceptors (Lipinski definition) is 24.